The zero-order valence-electron chi connectivity index (χ0n) is 17.3. The van der Waals surface area contributed by atoms with Crippen LogP contribution in [0.1, 0.15) is 10.4 Å². The van der Waals surface area contributed by atoms with Crippen LogP contribution in [-0.2, 0) is 9.59 Å². The number of carbonyl (C=O) groups excluding carboxylic acids is 3. The lowest BCUT2D eigenvalue weighted by molar-refractivity contribution is -0.120. The van der Waals surface area contributed by atoms with Crippen molar-refractivity contribution in [2.24, 2.45) is 0 Å². The zero-order chi connectivity index (χ0) is 23.5. The fraction of sp³-hybridized carbons (Fsp3) is 0.0417. The van der Waals surface area contributed by atoms with Crippen LogP contribution >= 0.6 is 23.2 Å². The van der Waals surface area contributed by atoms with Gasteiger partial charge in [-0.05, 0) is 48.5 Å². The molecule has 0 radical (unpaired) electrons. The molecule has 4 rings (SSSR count). The van der Waals surface area contributed by atoms with Crippen molar-refractivity contribution in [2.75, 3.05) is 22.6 Å². The average Bonchev–Trinajstić information content (AvgIpc) is 3.03. The topological polar surface area (TPSA) is 87.7 Å². The molecule has 1 aliphatic rings. The molecule has 0 spiro atoms. The predicted molar refractivity (Wildman–Crippen MR) is 128 cm³/mol. The molecule has 3 amide bonds. The Bertz CT molecular complexity index is 1290. The highest BCUT2D eigenvalue weighted by molar-refractivity contribution is 6.53. The molecule has 33 heavy (non-hydrogen) atoms. The summed E-state index contributed by atoms with van der Waals surface area (Å²) in [5.41, 5.74) is 1.46. The summed E-state index contributed by atoms with van der Waals surface area (Å²) >= 11 is 12.2. The van der Waals surface area contributed by atoms with E-state index in [0.29, 0.717) is 33.4 Å². The second-order valence-corrected chi connectivity index (χ2v) is 7.79. The Balaban J connectivity index is 1.55. The van der Waals surface area contributed by atoms with Crippen LogP contribution in [0.5, 0.6) is 5.75 Å². The number of benzene rings is 3. The largest absolute Gasteiger partial charge is 0.495 e. The summed E-state index contributed by atoms with van der Waals surface area (Å²) in [6.07, 6.45) is 0. The van der Waals surface area contributed by atoms with E-state index in [2.05, 4.69) is 10.6 Å². The van der Waals surface area contributed by atoms with E-state index >= 15 is 0 Å². The van der Waals surface area contributed by atoms with E-state index in [4.69, 9.17) is 27.9 Å². The van der Waals surface area contributed by atoms with Crippen molar-refractivity contribution in [1.29, 1.82) is 0 Å². The summed E-state index contributed by atoms with van der Waals surface area (Å²) in [5.74, 6) is -1.18. The van der Waals surface area contributed by atoms with Gasteiger partial charge in [-0.2, -0.15) is 0 Å². The van der Waals surface area contributed by atoms with Crippen LogP contribution in [0.2, 0.25) is 5.02 Å². The van der Waals surface area contributed by atoms with Gasteiger partial charge >= 0.3 is 0 Å². The number of halogens is 2. The van der Waals surface area contributed by atoms with Crippen LogP contribution < -0.4 is 20.3 Å². The van der Waals surface area contributed by atoms with Gasteiger partial charge < -0.3 is 15.4 Å². The van der Waals surface area contributed by atoms with Gasteiger partial charge in [-0.3, -0.25) is 14.4 Å². The summed E-state index contributed by atoms with van der Waals surface area (Å²) in [5, 5.41) is 5.83. The molecule has 7 nitrogen and oxygen atoms in total. The van der Waals surface area contributed by atoms with Gasteiger partial charge in [-0.1, -0.05) is 47.5 Å². The van der Waals surface area contributed by atoms with Crippen LogP contribution in [0.4, 0.5) is 17.1 Å². The summed E-state index contributed by atoms with van der Waals surface area (Å²) < 4.78 is 5.25. The number of ether oxygens (including phenoxy) is 1. The number of rotatable bonds is 6. The molecule has 0 aromatic heterocycles. The number of anilines is 3. The highest BCUT2D eigenvalue weighted by atomic mass is 35.5. The lowest BCUT2D eigenvalue weighted by atomic mass is 10.1. The van der Waals surface area contributed by atoms with E-state index in [1.54, 1.807) is 66.7 Å². The average molecular weight is 482 g/mol. The van der Waals surface area contributed by atoms with Gasteiger partial charge in [0.05, 0.1) is 18.5 Å². The Labute approximate surface area is 199 Å². The first-order valence-electron chi connectivity index (χ1n) is 9.74. The molecule has 0 unspecified atom stereocenters. The van der Waals surface area contributed by atoms with Gasteiger partial charge in [0.1, 0.15) is 16.5 Å². The van der Waals surface area contributed by atoms with Crippen molar-refractivity contribution in [1.82, 2.24) is 0 Å². The van der Waals surface area contributed by atoms with Gasteiger partial charge in [0.2, 0.25) is 0 Å². The van der Waals surface area contributed by atoms with Crippen LogP contribution in [0.3, 0.4) is 0 Å². The maximum atomic E-state index is 12.9. The number of para-hydroxylation sites is 1. The lowest BCUT2D eigenvalue weighted by Gasteiger charge is -2.15. The fourth-order valence-corrected chi connectivity index (χ4v) is 3.66. The number of carbonyl (C=O) groups is 3. The van der Waals surface area contributed by atoms with Crippen molar-refractivity contribution in [3.05, 3.63) is 94.1 Å². The minimum absolute atomic E-state index is 0.0698. The summed E-state index contributed by atoms with van der Waals surface area (Å²) in [7, 11) is 1.49. The Hall–Kier alpha value is -3.81. The SMILES string of the molecule is COc1ccc(Cl)cc1NC(=O)c1cccc(NC2=C(Cl)C(=O)N(c3ccccc3)C2=O)c1. The molecule has 2 N–H and O–H groups in total. The molecular formula is C24H17Cl2N3O4. The number of hydrogen-bond acceptors (Lipinski definition) is 5. The van der Waals surface area contributed by atoms with Crippen molar-refractivity contribution in [3.8, 4) is 5.75 Å². The third-order valence-electron chi connectivity index (χ3n) is 4.85. The fourth-order valence-electron chi connectivity index (χ4n) is 3.28. The molecule has 0 atom stereocenters. The van der Waals surface area contributed by atoms with Gasteiger partial charge in [-0.25, -0.2) is 4.90 Å². The van der Waals surface area contributed by atoms with E-state index in [1.807, 2.05) is 0 Å². The Morgan fingerprint density at radius 3 is 2.39 bits per heavy atom. The third-order valence-corrected chi connectivity index (χ3v) is 5.43. The monoisotopic (exact) mass is 481 g/mol. The number of nitrogens with one attached hydrogen (secondary N) is 2. The molecule has 3 aromatic rings. The Morgan fingerprint density at radius 2 is 1.67 bits per heavy atom. The number of nitrogens with zero attached hydrogens (tertiary/aromatic N) is 1. The molecule has 3 aromatic carbocycles. The van der Waals surface area contributed by atoms with Crippen molar-refractivity contribution < 1.29 is 19.1 Å². The molecule has 0 bridgehead atoms. The predicted octanol–water partition coefficient (Wildman–Crippen LogP) is 5.04. The summed E-state index contributed by atoms with van der Waals surface area (Å²) in [6.45, 7) is 0. The molecule has 1 heterocycles. The summed E-state index contributed by atoms with van der Waals surface area (Å²) in [6, 6.07) is 19.8. The van der Waals surface area contributed by atoms with Gasteiger partial charge in [0, 0.05) is 16.3 Å². The number of amides is 3. The van der Waals surface area contributed by atoms with Gasteiger partial charge in [0.15, 0.2) is 0 Å². The van der Waals surface area contributed by atoms with Crippen LogP contribution in [-0.4, -0.2) is 24.8 Å². The Morgan fingerprint density at radius 1 is 0.909 bits per heavy atom. The smallest absolute Gasteiger partial charge is 0.283 e. The van der Waals surface area contributed by atoms with E-state index in [1.165, 1.54) is 13.2 Å². The van der Waals surface area contributed by atoms with E-state index < -0.39 is 17.7 Å². The van der Waals surface area contributed by atoms with E-state index in [0.717, 1.165) is 4.90 Å². The van der Waals surface area contributed by atoms with Crippen molar-refractivity contribution in [3.63, 3.8) is 0 Å². The first kappa shape index (κ1) is 22.4. The highest BCUT2D eigenvalue weighted by Crippen LogP contribution is 2.31. The Kier molecular flexibility index (Phi) is 6.35. The van der Waals surface area contributed by atoms with Gasteiger partial charge in [0.25, 0.3) is 17.7 Å². The maximum absolute atomic E-state index is 12.9. The number of methoxy groups -OCH3 is 1. The molecule has 9 heteroatoms. The van der Waals surface area contributed by atoms with Crippen LogP contribution in [0.25, 0.3) is 0 Å². The second kappa shape index (κ2) is 9.36. The lowest BCUT2D eigenvalue weighted by Crippen LogP contribution is -2.32. The van der Waals surface area contributed by atoms with E-state index in [-0.39, 0.29) is 10.7 Å². The number of imide groups is 1. The normalized spacial score (nSPS) is 13.4. The second-order valence-electron chi connectivity index (χ2n) is 6.97. The quantitative estimate of drug-likeness (QED) is 0.481. The van der Waals surface area contributed by atoms with Crippen LogP contribution in [0, 0.1) is 0 Å². The first-order valence-corrected chi connectivity index (χ1v) is 10.5. The van der Waals surface area contributed by atoms with Crippen molar-refractivity contribution >= 4 is 58.0 Å². The maximum Gasteiger partial charge on any atom is 0.283 e. The minimum Gasteiger partial charge on any atom is -0.495 e. The first-order chi connectivity index (χ1) is 15.9. The molecule has 0 saturated carbocycles. The van der Waals surface area contributed by atoms with Crippen molar-refractivity contribution in [2.45, 2.75) is 0 Å². The van der Waals surface area contributed by atoms with E-state index in [9.17, 15) is 14.4 Å². The molecule has 0 saturated heterocycles. The molecule has 1 aliphatic heterocycles. The van der Waals surface area contributed by atoms with Gasteiger partial charge in [-0.15, -0.1) is 0 Å². The molecule has 0 fully saturated rings. The molecule has 166 valence electrons. The van der Waals surface area contributed by atoms with Crippen LogP contribution in [0.15, 0.2) is 83.5 Å². The zero-order valence-corrected chi connectivity index (χ0v) is 18.8. The molecular weight excluding hydrogens is 465 g/mol. The number of hydrogen-bond donors (Lipinski definition) is 2. The standard InChI is InChI=1S/C24H17Cl2N3O4/c1-33-19-11-10-15(25)13-18(19)28-22(30)14-6-5-7-16(12-14)27-21-20(26)23(31)29(24(21)32)17-8-3-2-4-9-17/h2-13,27H,1H3,(H,28,30). The highest BCUT2D eigenvalue weighted by Gasteiger charge is 2.38. The summed E-state index contributed by atoms with van der Waals surface area (Å²) in [4.78, 5) is 39.2. The molecule has 0 aliphatic carbocycles. The minimum atomic E-state index is -0.627. The third kappa shape index (κ3) is 4.55.